The molecule has 0 fully saturated rings. The number of halogens is 1. The van der Waals surface area contributed by atoms with Crippen LogP contribution in [0.25, 0.3) is 0 Å². The smallest absolute Gasteiger partial charge is 0.335 e. The Morgan fingerprint density at radius 2 is 2.18 bits per heavy atom. The molecule has 1 N–H and O–H groups in total. The molecule has 17 heavy (non-hydrogen) atoms. The van der Waals surface area contributed by atoms with Crippen LogP contribution in [0.2, 0.25) is 0 Å². The molecule has 2 aromatic rings. The molecule has 0 aliphatic heterocycles. The van der Waals surface area contributed by atoms with Crippen LogP contribution in [0.1, 0.15) is 10.4 Å². The fourth-order valence-corrected chi connectivity index (χ4v) is 1.91. The number of nitrogens with zero attached hydrogens (tertiary/aromatic N) is 2. The summed E-state index contributed by atoms with van der Waals surface area (Å²) in [6.45, 7) is 0. The molecule has 1 aromatic carbocycles. The van der Waals surface area contributed by atoms with E-state index in [4.69, 9.17) is 5.11 Å². The minimum Gasteiger partial charge on any atom is -0.478 e. The van der Waals surface area contributed by atoms with Crippen LogP contribution in [0, 0.1) is 5.82 Å². The van der Waals surface area contributed by atoms with Crippen LogP contribution >= 0.6 is 11.8 Å². The Kier molecular flexibility index (Phi) is 3.34. The molecule has 0 saturated heterocycles. The molecule has 0 aliphatic rings. The molecular formula is C11H7FN2O2S. The molecule has 0 unspecified atom stereocenters. The molecule has 0 saturated carbocycles. The molecule has 0 bridgehead atoms. The highest BCUT2D eigenvalue weighted by Gasteiger charge is 2.09. The first-order chi connectivity index (χ1) is 8.16. The first kappa shape index (κ1) is 11.5. The van der Waals surface area contributed by atoms with Crippen molar-refractivity contribution in [3.8, 4) is 0 Å². The van der Waals surface area contributed by atoms with Gasteiger partial charge in [-0.25, -0.2) is 14.2 Å². The summed E-state index contributed by atoms with van der Waals surface area (Å²) in [5.41, 5.74) is -0.0778. The zero-order valence-corrected chi connectivity index (χ0v) is 9.32. The molecule has 0 amide bonds. The number of carbonyl (C=O) groups is 1. The molecule has 1 aromatic heterocycles. The topological polar surface area (TPSA) is 63.1 Å². The van der Waals surface area contributed by atoms with E-state index in [0.29, 0.717) is 9.92 Å². The maximum absolute atomic E-state index is 13.6. The van der Waals surface area contributed by atoms with Gasteiger partial charge < -0.3 is 5.11 Å². The molecule has 0 atom stereocenters. The lowest BCUT2D eigenvalue weighted by Gasteiger charge is -2.02. The summed E-state index contributed by atoms with van der Waals surface area (Å²) in [5.74, 6) is -1.74. The fraction of sp³-hybridized carbons (Fsp3) is 0. The van der Waals surface area contributed by atoms with Crippen molar-refractivity contribution in [1.82, 2.24) is 9.97 Å². The molecule has 86 valence electrons. The van der Waals surface area contributed by atoms with Crippen LogP contribution < -0.4 is 0 Å². The van der Waals surface area contributed by atoms with Crippen LogP contribution in [-0.4, -0.2) is 21.0 Å². The van der Waals surface area contributed by atoms with Crippen molar-refractivity contribution >= 4 is 17.7 Å². The summed E-state index contributed by atoms with van der Waals surface area (Å²) in [6, 6.07) is 3.75. The summed E-state index contributed by atoms with van der Waals surface area (Å²) in [7, 11) is 0. The molecule has 0 aliphatic carbocycles. The van der Waals surface area contributed by atoms with E-state index < -0.39 is 11.8 Å². The fourth-order valence-electron chi connectivity index (χ4n) is 1.17. The Balaban J connectivity index is 2.26. The van der Waals surface area contributed by atoms with Gasteiger partial charge in [0.15, 0.2) is 0 Å². The molecule has 0 spiro atoms. The maximum atomic E-state index is 13.6. The second-order valence-electron chi connectivity index (χ2n) is 3.10. The van der Waals surface area contributed by atoms with Crippen LogP contribution in [0.3, 0.4) is 0 Å². The molecular weight excluding hydrogens is 243 g/mol. The summed E-state index contributed by atoms with van der Waals surface area (Å²) >= 11 is 1.09. The van der Waals surface area contributed by atoms with E-state index in [1.165, 1.54) is 30.7 Å². The quantitative estimate of drug-likeness (QED) is 0.906. The van der Waals surface area contributed by atoms with Gasteiger partial charge in [-0.05, 0) is 18.2 Å². The lowest BCUT2D eigenvalue weighted by atomic mass is 10.2. The van der Waals surface area contributed by atoms with E-state index in [-0.39, 0.29) is 5.56 Å². The largest absolute Gasteiger partial charge is 0.478 e. The highest BCUT2D eigenvalue weighted by Crippen LogP contribution is 2.28. The predicted octanol–water partition coefficient (Wildman–Crippen LogP) is 2.47. The number of hydrogen-bond donors (Lipinski definition) is 1. The van der Waals surface area contributed by atoms with Gasteiger partial charge in [-0.1, -0.05) is 11.8 Å². The number of hydrogen-bond acceptors (Lipinski definition) is 4. The summed E-state index contributed by atoms with van der Waals surface area (Å²) in [6.07, 6.45) is 4.54. The van der Waals surface area contributed by atoms with Gasteiger partial charge in [-0.15, -0.1) is 0 Å². The van der Waals surface area contributed by atoms with Crippen LogP contribution in [-0.2, 0) is 0 Å². The summed E-state index contributed by atoms with van der Waals surface area (Å²) in [4.78, 5) is 18.8. The molecule has 0 radical (unpaired) electrons. The Morgan fingerprint density at radius 3 is 2.76 bits per heavy atom. The maximum Gasteiger partial charge on any atom is 0.335 e. The lowest BCUT2D eigenvalue weighted by molar-refractivity contribution is 0.0696. The van der Waals surface area contributed by atoms with E-state index in [0.717, 1.165) is 17.8 Å². The van der Waals surface area contributed by atoms with Crippen LogP contribution in [0.5, 0.6) is 0 Å². The summed E-state index contributed by atoms with van der Waals surface area (Å²) in [5, 5.41) is 9.24. The van der Waals surface area contributed by atoms with E-state index in [2.05, 4.69) is 9.97 Å². The van der Waals surface area contributed by atoms with Crippen molar-refractivity contribution in [3.63, 3.8) is 0 Å². The third-order valence-corrected chi connectivity index (χ3v) is 2.90. The van der Waals surface area contributed by atoms with Crippen molar-refractivity contribution in [3.05, 3.63) is 48.2 Å². The highest BCUT2D eigenvalue weighted by atomic mass is 32.2. The Morgan fingerprint density at radius 1 is 1.35 bits per heavy atom. The molecule has 1 heterocycles. The minimum atomic E-state index is -1.15. The number of carboxylic acid groups (broad SMARTS) is 1. The third kappa shape index (κ3) is 2.79. The SMILES string of the molecule is O=C(O)c1ccc(Sc2cnccn2)c(F)c1. The Labute approximate surface area is 101 Å². The van der Waals surface area contributed by atoms with Crippen molar-refractivity contribution in [2.24, 2.45) is 0 Å². The highest BCUT2D eigenvalue weighted by molar-refractivity contribution is 7.99. The van der Waals surface area contributed by atoms with Crippen molar-refractivity contribution < 1.29 is 14.3 Å². The third-order valence-electron chi connectivity index (χ3n) is 1.93. The van der Waals surface area contributed by atoms with Crippen molar-refractivity contribution in [2.45, 2.75) is 9.92 Å². The van der Waals surface area contributed by atoms with Gasteiger partial charge in [-0.3, -0.25) is 4.98 Å². The molecule has 6 heteroatoms. The zero-order chi connectivity index (χ0) is 12.3. The van der Waals surface area contributed by atoms with E-state index >= 15 is 0 Å². The zero-order valence-electron chi connectivity index (χ0n) is 8.50. The van der Waals surface area contributed by atoms with Gasteiger partial charge >= 0.3 is 5.97 Å². The van der Waals surface area contributed by atoms with E-state index in [9.17, 15) is 9.18 Å². The minimum absolute atomic E-state index is 0.0778. The van der Waals surface area contributed by atoms with Gasteiger partial charge in [0, 0.05) is 17.3 Å². The second kappa shape index (κ2) is 4.92. The average molecular weight is 250 g/mol. The Bertz CT molecular complexity index is 548. The first-order valence-electron chi connectivity index (χ1n) is 4.63. The number of aromatic nitrogens is 2. The van der Waals surface area contributed by atoms with Gasteiger partial charge in [0.2, 0.25) is 0 Å². The van der Waals surface area contributed by atoms with Gasteiger partial charge in [0.1, 0.15) is 10.8 Å². The monoisotopic (exact) mass is 250 g/mol. The second-order valence-corrected chi connectivity index (χ2v) is 4.16. The van der Waals surface area contributed by atoms with Gasteiger partial charge in [0.25, 0.3) is 0 Å². The van der Waals surface area contributed by atoms with Gasteiger partial charge in [-0.2, -0.15) is 0 Å². The number of aromatic carboxylic acids is 1. The van der Waals surface area contributed by atoms with Crippen molar-refractivity contribution in [1.29, 1.82) is 0 Å². The van der Waals surface area contributed by atoms with E-state index in [1.54, 1.807) is 0 Å². The average Bonchev–Trinajstić information content (AvgIpc) is 2.33. The normalized spacial score (nSPS) is 10.2. The summed E-state index contributed by atoms with van der Waals surface area (Å²) < 4.78 is 13.6. The standard InChI is InChI=1S/C11H7FN2O2S/c12-8-5-7(11(15)16)1-2-9(8)17-10-6-13-3-4-14-10/h1-6H,(H,15,16). The van der Waals surface area contributed by atoms with Gasteiger partial charge in [0.05, 0.1) is 11.8 Å². The molecule has 2 rings (SSSR count). The van der Waals surface area contributed by atoms with Crippen LogP contribution in [0.15, 0.2) is 46.7 Å². The first-order valence-corrected chi connectivity index (χ1v) is 5.45. The predicted molar refractivity (Wildman–Crippen MR) is 59.5 cm³/mol. The van der Waals surface area contributed by atoms with Crippen molar-refractivity contribution in [2.75, 3.05) is 0 Å². The number of benzene rings is 1. The molecule has 4 nitrogen and oxygen atoms in total. The number of carboxylic acids is 1. The Hall–Kier alpha value is -1.95. The number of rotatable bonds is 3. The van der Waals surface area contributed by atoms with Crippen LogP contribution in [0.4, 0.5) is 4.39 Å². The lowest BCUT2D eigenvalue weighted by Crippen LogP contribution is -1.97. The van der Waals surface area contributed by atoms with E-state index in [1.807, 2.05) is 0 Å².